The molecule has 1 aromatic rings. The average Bonchev–Trinajstić information content (AvgIpc) is 2.52. The fourth-order valence-electron chi connectivity index (χ4n) is 2.54. The van der Waals surface area contributed by atoms with Gasteiger partial charge in [-0.2, -0.15) is 0 Å². The number of benzene rings is 1. The van der Waals surface area contributed by atoms with Crippen LogP contribution in [0.3, 0.4) is 0 Å². The monoisotopic (exact) mass is 341 g/mol. The van der Waals surface area contributed by atoms with Gasteiger partial charge in [0.05, 0.1) is 6.10 Å². The number of rotatable bonds is 5. The molecule has 132 valence electrons. The van der Waals surface area contributed by atoms with E-state index in [1.165, 1.54) is 0 Å². The quantitative estimate of drug-likeness (QED) is 0.548. The second kappa shape index (κ2) is 8.70. The Morgan fingerprint density at radius 2 is 1.75 bits per heavy atom. The van der Waals surface area contributed by atoms with E-state index in [4.69, 9.17) is 0 Å². The number of hydrogen-bond donors (Lipinski definition) is 3. The Bertz CT molecular complexity index is 570. The smallest absolute Gasteiger partial charge is 0.313 e. The third-order valence-electron chi connectivity index (χ3n) is 3.82. The number of nitrogens with zero attached hydrogens (tertiary/aromatic N) is 1. The largest absolute Gasteiger partial charge is 0.393 e. The zero-order chi connectivity index (χ0) is 17.5. The Labute approximate surface area is 138 Å². The lowest BCUT2D eigenvalue weighted by Crippen LogP contribution is -2.39. The van der Waals surface area contributed by atoms with Crippen molar-refractivity contribution in [1.82, 2.24) is 10.2 Å². The minimum atomic E-state index is -0.971. The van der Waals surface area contributed by atoms with E-state index in [1.54, 1.807) is 0 Å². The summed E-state index contributed by atoms with van der Waals surface area (Å²) in [5.74, 6) is -3.50. The first-order valence-electron chi connectivity index (χ1n) is 7.90. The molecule has 1 aromatic carbocycles. The molecule has 1 aliphatic heterocycles. The number of nitrogens with one attached hydrogen (secondary N) is 2. The van der Waals surface area contributed by atoms with Gasteiger partial charge in [0.1, 0.15) is 11.6 Å². The summed E-state index contributed by atoms with van der Waals surface area (Å²) in [5, 5.41) is 14.0. The third kappa shape index (κ3) is 5.86. The van der Waals surface area contributed by atoms with E-state index < -0.39 is 23.4 Å². The van der Waals surface area contributed by atoms with Gasteiger partial charge in [-0.05, 0) is 37.9 Å². The predicted octanol–water partition coefficient (Wildman–Crippen LogP) is 0.866. The molecule has 1 aliphatic rings. The van der Waals surface area contributed by atoms with Crippen molar-refractivity contribution in [2.75, 3.05) is 31.5 Å². The van der Waals surface area contributed by atoms with Gasteiger partial charge in [-0.1, -0.05) is 0 Å². The Hall–Kier alpha value is -2.06. The normalized spacial score (nSPS) is 16.0. The van der Waals surface area contributed by atoms with Gasteiger partial charge < -0.3 is 20.6 Å². The maximum absolute atomic E-state index is 13.0. The van der Waals surface area contributed by atoms with Crippen molar-refractivity contribution < 1.29 is 23.5 Å². The highest BCUT2D eigenvalue weighted by atomic mass is 19.1. The van der Waals surface area contributed by atoms with E-state index in [0.717, 1.165) is 44.6 Å². The number of piperidine rings is 1. The highest BCUT2D eigenvalue weighted by Crippen LogP contribution is 2.12. The van der Waals surface area contributed by atoms with Gasteiger partial charge in [0.15, 0.2) is 0 Å². The summed E-state index contributed by atoms with van der Waals surface area (Å²) in [6.45, 7) is 2.73. The highest BCUT2D eigenvalue weighted by molar-refractivity contribution is 6.39. The first-order chi connectivity index (χ1) is 11.4. The molecule has 2 rings (SSSR count). The first kappa shape index (κ1) is 18.3. The molecule has 0 bridgehead atoms. The fraction of sp³-hybridized carbons (Fsp3) is 0.500. The van der Waals surface area contributed by atoms with Crippen LogP contribution in [-0.4, -0.2) is 54.1 Å². The average molecular weight is 341 g/mol. The molecule has 0 unspecified atom stereocenters. The summed E-state index contributed by atoms with van der Waals surface area (Å²) in [4.78, 5) is 25.5. The van der Waals surface area contributed by atoms with Crippen molar-refractivity contribution >= 4 is 17.5 Å². The number of likely N-dealkylation sites (tertiary alicyclic amines) is 1. The number of amides is 2. The lowest BCUT2D eigenvalue weighted by atomic mass is 10.1. The maximum atomic E-state index is 13.0. The molecule has 3 N–H and O–H groups in total. The summed E-state index contributed by atoms with van der Waals surface area (Å²) >= 11 is 0. The van der Waals surface area contributed by atoms with E-state index in [1.807, 2.05) is 0 Å². The van der Waals surface area contributed by atoms with Crippen LogP contribution in [0.1, 0.15) is 19.3 Å². The van der Waals surface area contributed by atoms with Crippen molar-refractivity contribution in [3.63, 3.8) is 0 Å². The Balaban J connectivity index is 1.67. The van der Waals surface area contributed by atoms with Crippen LogP contribution in [-0.2, 0) is 9.59 Å². The van der Waals surface area contributed by atoms with Crippen LogP contribution in [0.25, 0.3) is 0 Å². The molecular weight excluding hydrogens is 320 g/mol. The Kier molecular flexibility index (Phi) is 6.62. The zero-order valence-corrected chi connectivity index (χ0v) is 13.2. The van der Waals surface area contributed by atoms with Crippen LogP contribution in [0.15, 0.2) is 18.2 Å². The van der Waals surface area contributed by atoms with E-state index in [0.29, 0.717) is 19.0 Å². The van der Waals surface area contributed by atoms with Gasteiger partial charge in [0.25, 0.3) is 0 Å². The number of aliphatic hydroxyl groups is 1. The topological polar surface area (TPSA) is 81.7 Å². The summed E-state index contributed by atoms with van der Waals surface area (Å²) in [6.07, 6.45) is 1.94. The Morgan fingerprint density at radius 3 is 2.38 bits per heavy atom. The summed E-state index contributed by atoms with van der Waals surface area (Å²) in [7, 11) is 0. The lowest BCUT2D eigenvalue weighted by Gasteiger charge is -2.29. The van der Waals surface area contributed by atoms with Gasteiger partial charge in [0, 0.05) is 31.4 Å². The van der Waals surface area contributed by atoms with Gasteiger partial charge in [-0.15, -0.1) is 0 Å². The molecule has 0 spiro atoms. The van der Waals surface area contributed by atoms with E-state index in [2.05, 4.69) is 15.5 Å². The molecule has 1 saturated heterocycles. The Morgan fingerprint density at radius 1 is 1.12 bits per heavy atom. The third-order valence-corrected chi connectivity index (χ3v) is 3.82. The zero-order valence-electron chi connectivity index (χ0n) is 13.2. The predicted molar refractivity (Wildman–Crippen MR) is 84.3 cm³/mol. The van der Waals surface area contributed by atoms with E-state index in [-0.39, 0.29) is 11.8 Å². The van der Waals surface area contributed by atoms with Crippen molar-refractivity contribution in [2.24, 2.45) is 0 Å². The van der Waals surface area contributed by atoms with Crippen LogP contribution >= 0.6 is 0 Å². The summed E-state index contributed by atoms with van der Waals surface area (Å²) < 4.78 is 26.0. The summed E-state index contributed by atoms with van der Waals surface area (Å²) in [6, 6.07) is 2.54. The second-order valence-electron chi connectivity index (χ2n) is 5.79. The molecule has 0 aromatic heterocycles. The first-order valence-corrected chi connectivity index (χ1v) is 7.90. The van der Waals surface area contributed by atoms with Crippen LogP contribution < -0.4 is 10.6 Å². The molecule has 0 atom stereocenters. The lowest BCUT2D eigenvalue weighted by molar-refractivity contribution is -0.136. The van der Waals surface area contributed by atoms with Crippen LogP contribution in [0.4, 0.5) is 14.5 Å². The van der Waals surface area contributed by atoms with Crippen molar-refractivity contribution in [3.05, 3.63) is 29.8 Å². The number of carbonyl (C=O) groups excluding carboxylic acids is 2. The molecule has 1 fully saturated rings. The van der Waals surface area contributed by atoms with Gasteiger partial charge >= 0.3 is 11.8 Å². The number of hydrogen-bond acceptors (Lipinski definition) is 4. The van der Waals surface area contributed by atoms with E-state index in [9.17, 15) is 23.5 Å². The van der Waals surface area contributed by atoms with Crippen LogP contribution in [0.2, 0.25) is 0 Å². The van der Waals surface area contributed by atoms with Crippen molar-refractivity contribution in [3.8, 4) is 0 Å². The number of halogens is 2. The number of carbonyl (C=O) groups is 2. The minimum absolute atomic E-state index is 0.112. The van der Waals surface area contributed by atoms with Crippen LogP contribution in [0.5, 0.6) is 0 Å². The van der Waals surface area contributed by atoms with Crippen LogP contribution in [0, 0.1) is 11.6 Å². The molecular formula is C16H21F2N3O3. The standard InChI is InChI=1S/C16H21F2N3O3/c17-11-8-12(18)10-13(9-11)20-16(24)15(23)19-4-1-5-21-6-2-14(22)3-7-21/h8-10,14,22H,1-7H2,(H,19,23)(H,20,24). The SMILES string of the molecule is O=C(NCCCN1CCC(O)CC1)C(=O)Nc1cc(F)cc(F)c1. The number of anilines is 1. The maximum Gasteiger partial charge on any atom is 0.313 e. The molecule has 24 heavy (non-hydrogen) atoms. The minimum Gasteiger partial charge on any atom is -0.393 e. The molecule has 2 amide bonds. The van der Waals surface area contributed by atoms with Gasteiger partial charge in [-0.25, -0.2) is 8.78 Å². The molecule has 0 radical (unpaired) electrons. The molecule has 8 heteroatoms. The molecule has 0 aliphatic carbocycles. The highest BCUT2D eigenvalue weighted by Gasteiger charge is 2.17. The molecule has 0 saturated carbocycles. The molecule has 6 nitrogen and oxygen atoms in total. The molecule has 1 heterocycles. The van der Waals surface area contributed by atoms with Crippen molar-refractivity contribution in [1.29, 1.82) is 0 Å². The fourth-order valence-corrected chi connectivity index (χ4v) is 2.54. The van der Waals surface area contributed by atoms with Crippen molar-refractivity contribution in [2.45, 2.75) is 25.4 Å². The van der Waals surface area contributed by atoms with E-state index >= 15 is 0 Å². The summed E-state index contributed by atoms with van der Waals surface area (Å²) in [5.41, 5.74) is -0.112. The van der Waals surface area contributed by atoms with Gasteiger partial charge in [0.2, 0.25) is 0 Å². The van der Waals surface area contributed by atoms with Gasteiger partial charge in [-0.3, -0.25) is 9.59 Å². The second-order valence-corrected chi connectivity index (χ2v) is 5.79. The number of aliphatic hydroxyl groups excluding tert-OH is 1.